The van der Waals surface area contributed by atoms with Crippen molar-refractivity contribution in [2.75, 3.05) is 43.9 Å². The van der Waals surface area contributed by atoms with Crippen molar-refractivity contribution in [3.05, 3.63) is 11.8 Å². The summed E-state index contributed by atoms with van der Waals surface area (Å²) in [5, 5.41) is 0. The highest BCUT2D eigenvalue weighted by Gasteiger charge is 2.27. The molecule has 0 aromatic carbocycles. The Morgan fingerprint density at radius 2 is 1.88 bits per heavy atom. The van der Waals surface area contributed by atoms with Gasteiger partial charge in [-0.1, -0.05) is 0 Å². The summed E-state index contributed by atoms with van der Waals surface area (Å²) >= 11 is 0. The van der Waals surface area contributed by atoms with Gasteiger partial charge in [0.15, 0.2) is 0 Å². The molecule has 0 bridgehead atoms. The van der Waals surface area contributed by atoms with Crippen molar-refractivity contribution in [1.82, 2.24) is 14.9 Å². The van der Waals surface area contributed by atoms with E-state index in [0.29, 0.717) is 11.9 Å². The lowest BCUT2D eigenvalue weighted by atomic mass is 10.2. The van der Waals surface area contributed by atoms with E-state index in [1.165, 1.54) is 12.8 Å². The van der Waals surface area contributed by atoms with E-state index in [2.05, 4.69) is 32.9 Å². The molecule has 0 radical (unpaired) electrons. The van der Waals surface area contributed by atoms with Crippen LogP contribution < -0.4 is 10.6 Å². The maximum atomic E-state index is 5.80. The number of aromatic nitrogens is 2. The second kappa shape index (κ2) is 4.14. The van der Waals surface area contributed by atoms with Crippen LogP contribution in [0.2, 0.25) is 0 Å². The molecule has 1 aromatic rings. The predicted molar refractivity (Wildman–Crippen MR) is 68.1 cm³/mol. The number of nitrogens with two attached hydrogens (primary N) is 1. The molecule has 92 valence electrons. The maximum Gasteiger partial charge on any atom is 0.222 e. The summed E-state index contributed by atoms with van der Waals surface area (Å²) in [5.74, 6) is 2.06. The van der Waals surface area contributed by atoms with Gasteiger partial charge >= 0.3 is 0 Å². The molecule has 2 heterocycles. The van der Waals surface area contributed by atoms with E-state index in [-0.39, 0.29) is 0 Å². The standard InChI is InChI=1S/C12H19N5/c1-16-4-6-17(7-5-16)11-8-10(9-2-3-9)14-12(13)15-11/h8-9H,2-7H2,1H3,(H2,13,14,15). The van der Waals surface area contributed by atoms with Gasteiger partial charge < -0.3 is 15.5 Å². The molecule has 1 aromatic heterocycles. The van der Waals surface area contributed by atoms with Crippen molar-refractivity contribution in [3.8, 4) is 0 Å². The van der Waals surface area contributed by atoms with Crippen LogP contribution in [0.4, 0.5) is 11.8 Å². The van der Waals surface area contributed by atoms with E-state index in [4.69, 9.17) is 5.73 Å². The largest absolute Gasteiger partial charge is 0.368 e. The average molecular weight is 233 g/mol. The zero-order valence-electron chi connectivity index (χ0n) is 10.3. The molecular formula is C12H19N5. The topological polar surface area (TPSA) is 58.3 Å². The smallest absolute Gasteiger partial charge is 0.222 e. The van der Waals surface area contributed by atoms with Gasteiger partial charge in [0.1, 0.15) is 5.82 Å². The third kappa shape index (κ3) is 2.34. The first-order valence-corrected chi connectivity index (χ1v) is 6.30. The number of likely N-dealkylation sites (N-methyl/N-ethyl adjacent to an activating group) is 1. The van der Waals surface area contributed by atoms with Crippen molar-refractivity contribution in [3.63, 3.8) is 0 Å². The summed E-state index contributed by atoms with van der Waals surface area (Å²) in [7, 11) is 2.15. The Kier molecular flexibility index (Phi) is 2.63. The summed E-state index contributed by atoms with van der Waals surface area (Å²) in [4.78, 5) is 13.3. The molecule has 0 atom stereocenters. The fourth-order valence-corrected chi connectivity index (χ4v) is 2.26. The number of piperazine rings is 1. The van der Waals surface area contributed by atoms with Crippen molar-refractivity contribution in [2.45, 2.75) is 18.8 Å². The maximum absolute atomic E-state index is 5.80. The predicted octanol–water partition coefficient (Wildman–Crippen LogP) is 0.688. The first-order chi connectivity index (χ1) is 8.22. The highest BCUT2D eigenvalue weighted by Crippen LogP contribution is 2.40. The quantitative estimate of drug-likeness (QED) is 0.814. The number of hydrogen-bond acceptors (Lipinski definition) is 5. The molecule has 2 fully saturated rings. The van der Waals surface area contributed by atoms with E-state index < -0.39 is 0 Å². The van der Waals surface area contributed by atoms with Crippen molar-refractivity contribution in [2.24, 2.45) is 0 Å². The van der Waals surface area contributed by atoms with E-state index in [1.54, 1.807) is 0 Å². The fourth-order valence-electron chi connectivity index (χ4n) is 2.26. The van der Waals surface area contributed by atoms with Gasteiger partial charge in [-0.25, -0.2) is 4.98 Å². The van der Waals surface area contributed by atoms with Crippen LogP contribution in [0.3, 0.4) is 0 Å². The molecule has 0 spiro atoms. The van der Waals surface area contributed by atoms with Gasteiger partial charge in [0.25, 0.3) is 0 Å². The fraction of sp³-hybridized carbons (Fsp3) is 0.667. The van der Waals surface area contributed by atoms with Gasteiger partial charge in [0, 0.05) is 38.2 Å². The van der Waals surface area contributed by atoms with E-state index in [1.807, 2.05) is 0 Å². The monoisotopic (exact) mass is 233 g/mol. The van der Waals surface area contributed by atoms with E-state index in [9.17, 15) is 0 Å². The normalized spacial score (nSPS) is 21.8. The van der Waals surface area contributed by atoms with Crippen LogP contribution in [0.25, 0.3) is 0 Å². The van der Waals surface area contributed by atoms with Crippen LogP contribution >= 0.6 is 0 Å². The summed E-state index contributed by atoms with van der Waals surface area (Å²) in [6, 6.07) is 2.12. The molecule has 1 aliphatic heterocycles. The molecular weight excluding hydrogens is 214 g/mol. The summed E-state index contributed by atoms with van der Waals surface area (Å²) in [6.07, 6.45) is 2.50. The number of hydrogen-bond donors (Lipinski definition) is 1. The third-order valence-corrected chi connectivity index (χ3v) is 3.57. The zero-order chi connectivity index (χ0) is 11.8. The lowest BCUT2D eigenvalue weighted by Gasteiger charge is -2.33. The third-order valence-electron chi connectivity index (χ3n) is 3.57. The van der Waals surface area contributed by atoms with Gasteiger partial charge in [0.2, 0.25) is 5.95 Å². The average Bonchev–Trinajstić information content (AvgIpc) is 3.13. The number of nitrogens with zero attached hydrogens (tertiary/aromatic N) is 4. The van der Waals surface area contributed by atoms with E-state index in [0.717, 1.165) is 37.7 Å². The Balaban J connectivity index is 1.81. The van der Waals surface area contributed by atoms with Gasteiger partial charge in [-0.15, -0.1) is 0 Å². The van der Waals surface area contributed by atoms with Gasteiger partial charge in [-0.05, 0) is 19.9 Å². The Morgan fingerprint density at radius 3 is 2.53 bits per heavy atom. The second-order valence-electron chi connectivity index (χ2n) is 5.07. The van der Waals surface area contributed by atoms with Crippen LogP contribution in [0.15, 0.2) is 6.07 Å². The Hall–Kier alpha value is -1.36. The molecule has 0 unspecified atom stereocenters. The highest BCUT2D eigenvalue weighted by atomic mass is 15.3. The number of nitrogen functional groups attached to an aromatic ring is 1. The first kappa shape index (κ1) is 10.8. The minimum absolute atomic E-state index is 0.420. The molecule has 17 heavy (non-hydrogen) atoms. The number of rotatable bonds is 2. The SMILES string of the molecule is CN1CCN(c2cc(C3CC3)nc(N)n2)CC1. The van der Waals surface area contributed by atoms with Crippen molar-refractivity contribution < 1.29 is 0 Å². The van der Waals surface area contributed by atoms with Crippen molar-refractivity contribution >= 4 is 11.8 Å². The second-order valence-corrected chi connectivity index (χ2v) is 5.07. The van der Waals surface area contributed by atoms with Crippen LogP contribution in [0.1, 0.15) is 24.5 Å². The lowest BCUT2D eigenvalue weighted by Crippen LogP contribution is -2.44. The van der Waals surface area contributed by atoms with Crippen LogP contribution in [-0.2, 0) is 0 Å². The van der Waals surface area contributed by atoms with Crippen LogP contribution in [0, 0.1) is 0 Å². The number of anilines is 2. The Labute approximate surface area is 102 Å². The lowest BCUT2D eigenvalue weighted by molar-refractivity contribution is 0.312. The Bertz CT molecular complexity index is 407. The van der Waals surface area contributed by atoms with Gasteiger partial charge in [0.05, 0.1) is 5.69 Å². The summed E-state index contributed by atoms with van der Waals surface area (Å²) < 4.78 is 0. The van der Waals surface area contributed by atoms with E-state index >= 15 is 0 Å². The van der Waals surface area contributed by atoms with Gasteiger partial charge in [-0.2, -0.15) is 4.98 Å². The van der Waals surface area contributed by atoms with Gasteiger partial charge in [-0.3, -0.25) is 0 Å². The first-order valence-electron chi connectivity index (χ1n) is 6.30. The molecule has 3 rings (SSSR count). The minimum Gasteiger partial charge on any atom is -0.368 e. The highest BCUT2D eigenvalue weighted by molar-refractivity contribution is 5.45. The molecule has 5 nitrogen and oxygen atoms in total. The van der Waals surface area contributed by atoms with Crippen LogP contribution in [0.5, 0.6) is 0 Å². The molecule has 1 saturated carbocycles. The summed E-state index contributed by atoms with van der Waals surface area (Å²) in [5.41, 5.74) is 6.93. The van der Waals surface area contributed by atoms with Crippen molar-refractivity contribution in [1.29, 1.82) is 0 Å². The summed E-state index contributed by atoms with van der Waals surface area (Å²) in [6.45, 7) is 4.22. The Morgan fingerprint density at radius 1 is 1.18 bits per heavy atom. The molecule has 1 saturated heterocycles. The molecule has 2 N–H and O–H groups in total. The molecule has 5 heteroatoms. The molecule has 1 aliphatic carbocycles. The molecule has 0 amide bonds. The minimum atomic E-state index is 0.420. The zero-order valence-corrected chi connectivity index (χ0v) is 10.3. The van der Waals surface area contributed by atoms with Crippen LogP contribution in [-0.4, -0.2) is 48.1 Å². The molecule has 2 aliphatic rings.